The number of hydrazone groups is 1. The van der Waals surface area contributed by atoms with Crippen molar-refractivity contribution in [3.05, 3.63) is 59.2 Å². The van der Waals surface area contributed by atoms with Crippen molar-refractivity contribution in [1.82, 2.24) is 5.43 Å². The van der Waals surface area contributed by atoms with Gasteiger partial charge in [0.25, 0.3) is 0 Å². The molecule has 0 aliphatic heterocycles. The van der Waals surface area contributed by atoms with Gasteiger partial charge < -0.3 is 5.73 Å². The van der Waals surface area contributed by atoms with Crippen molar-refractivity contribution in [3.63, 3.8) is 0 Å². The van der Waals surface area contributed by atoms with Crippen LogP contribution in [0.4, 0.5) is 0 Å². The van der Waals surface area contributed by atoms with Crippen LogP contribution in [0.1, 0.15) is 43.4 Å². The van der Waals surface area contributed by atoms with Gasteiger partial charge in [-0.25, -0.2) is 5.43 Å². The Hall–Kier alpha value is -2.62. The molecule has 1 aliphatic rings. The molecule has 0 saturated carbocycles. The van der Waals surface area contributed by atoms with Crippen LogP contribution in [0.2, 0.25) is 0 Å². The fourth-order valence-electron chi connectivity index (χ4n) is 2.97. The molecule has 0 amide bonds. The maximum atomic E-state index is 5.82. The molecule has 0 fully saturated rings. The largest absolute Gasteiger partial charge is 0.369 e. The van der Waals surface area contributed by atoms with Crippen LogP contribution in [0.15, 0.2) is 52.6 Å². The van der Waals surface area contributed by atoms with Gasteiger partial charge in [-0.3, -0.25) is 4.99 Å². The summed E-state index contributed by atoms with van der Waals surface area (Å²) in [7, 11) is 0. The minimum atomic E-state index is 0.372. The van der Waals surface area contributed by atoms with Gasteiger partial charge >= 0.3 is 0 Å². The third kappa shape index (κ3) is 3.48. The number of guanidine groups is 1. The van der Waals surface area contributed by atoms with Crippen molar-refractivity contribution >= 4 is 11.7 Å². The predicted octanol–water partition coefficient (Wildman–Crippen LogP) is 3.69. The van der Waals surface area contributed by atoms with Crippen molar-refractivity contribution < 1.29 is 0 Å². The van der Waals surface area contributed by atoms with Crippen molar-refractivity contribution in [2.75, 3.05) is 6.54 Å². The third-order valence-corrected chi connectivity index (χ3v) is 4.34. The maximum Gasteiger partial charge on any atom is 0.209 e. The lowest BCUT2D eigenvalue weighted by Gasteiger charge is -2.06. The second kappa shape index (κ2) is 7.30. The van der Waals surface area contributed by atoms with Gasteiger partial charge in [-0.1, -0.05) is 49.7 Å². The molecule has 0 heterocycles. The van der Waals surface area contributed by atoms with E-state index in [2.05, 4.69) is 64.9 Å². The summed E-state index contributed by atoms with van der Waals surface area (Å²) in [6.07, 6.45) is 3.13. The van der Waals surface area contributed by atoms with Crippen LogP contribution in [-0.4, -0.2) is 18.2 Å². The first-order valence-electron chi connectivity index (χ1n) is 8.51. The average Bonchev–Trinajstić information content (AvgIpc) is 2.97. The van der Waals surface area contributed by atoms with Crippen LogP contribution >= 0.6 is 0 Å². The minimum Gasteiger partial charge on any atom is -0.369 e. The van der Waals surface area contributed by atoms with Crippen LogP contribution in [0.5, 0.6) is 0 Å². The monoisotopic (exact) mass is 320 g/mol. The first-order valence-corrected chi connectivity index (χ1v) is 8.51. The van der Waals surface area contributed by atoms with Gasteiger partial charge in [0, 0.05) is 6.54 Å². The first-order chi connectivity index (χ1) is 11.7. The Morgan fingerprint density at radius 3 is 2.75 bits per heavy atom. The molecule has 0 radical (unpaired) electrons. The summed E-state index contributed by atoms with van der Waals surface area (Å²) >= 11 is 0. The average molecular weight is 320 g/mol. The second-order valence-corrected chi connectivity index (χ2v) is 6.14. The van der Waals surface area contributed by atoms with E-state index in [1.165, 1.54) is 22.3 Å². The van der Waals surface area contributed by atoms with Crippen LogP contribution in [0.25, 0.3) is 11.1 Å². The van der Waals surface area contributed by atoms with Crippen LogP contribution < -0.4 is 11.2 Å². The Morgan fingerprint density at radius 1 is 1.12 bits per heavy atom. The molecule has 0 saturated heterocycles. The summed E-state index contributed by atoms with van der Waals surface area (Å²) in [5.41, 5.74) is 16.1. The molecular weight excluding hydrogens is 296 g/mol. The summed E-state index contributed by atoms with van der Waals surface area (Å²) < 4.78 is 0. The maximum absolute atomic E-state index is 5.82. The van der Waals surface area contributed by atoms with Gasteiger partial charge in [0.2, 0.25) is 5.96 Å². The Labute approximate surface area is 143 Å². The standard InChI is InChI=1S/C20H24N4/c1-3-4-11-22-20(21)24-23-14(2)15-9-10-19-17(12-15)13-16-7-5-6-8-18(16)19/h5-10,12H,3-4,11,13H2,1-2H3,(H3,21,22,24)/b23-14+. The topological polar surface area (TPSA) is 62.8 Å². The molecule has 124 valence electrons. The summed E-state index contributed by atoms with van der Waals surface area (Å²) in [5.74, 6) is 0.372. The number of nitrogens with two attached hydrogens (primary N) is 1. The third-order valence-electron chi connectivity index (χ3n) is 4.34. The van der Waals surface area contributed by atoms with Gasteiger partial charge in [0.1, 0.15) is 0 Å². The zero-order chi connectivity index (χ0) is 16.9. The number of fused-ring (bicyclic) bond motifs is 3. The Morgan fingerprint density at radius 2 is 1.92 bits per heavy atom. The van der Waals surface area contributed by atoms with Gasteiger partial charge in [-0.05, 0) is 53.6 Å². The molecule has 3 rings (SSSR count). The summed E-state index contributed by atoms with van der Waals surface area (Å²) in [5, 5.41) is 4.36. The lowest BCUT2D eigenvalue weighted by molar-refractivity contribution is 0.799. The highest BCUT2D eigenvalue weighted by Gasteiger charge is 2.18. The Bertz CT molecular complexity index is 790. The van der Waals surface area contributed by atoms with Gasteiger partial charge in [-0.2, -0.15) is 5.10 Å². The molecule has 0 bridgehead atoms. The lowest BCUT2D eigenvalue weighted by atomic mass is 10.0. The number of unbranched alkanes of at least 4 members (excludes halogenated alkanes) is 1. The molecule has 1 aliphatic carbocycles. The van der Waals surface area contributed by atoms with E-state index in [0.717, 1.165) is 37.1 Å². The highest BCUT2D eigenvalue weighted by Crippen LogP contribution is 2.36. The molecule has 4 heteroatoms. The summed E-state index contributed by atoms with van der Waals surface area (Å²) in [6, 6.07) is 15.1. The number of hydrogen-bond acceptors (Lipinski definition) is 2. The fraction of sp³-hybridized carbons (Fsp3) is 0.300. The van der Waals surface area contributed by atoms with Gasteiger partial charge in [-0.15, -0.1) is 0 Å². The molecule has 4 nitrogen and oxygen atoms in total. The van der Waals surface area contributed by atoms with Crippen LogP contribution in [0, 0.1) is 0 Å². The van der Waals surface area contributed by atoms with E-state index in [1.807, 2.05) is 6.92 Å². The molecule has 0 unspecified atom stereocenters. The predicted molar refractivity (Wildman–Crippen MR) is 101 cm³/mol. The van der Waals surface area contributed by atoms with E-state index in [1.54, 1.807) is 0 Å². The Balaban J connectivity index is 1.73. The lowest BCUT2D eigenvalue weighted by Crippen LogP contribution is -2.28. The number of hydrogen-bond donors (Lipinski definition) is 2. The normalized spacial score (nSPS) is 13.6. The highest BCUT2D eigenvalue weighted by molar-refractivity contribution is 6.00. The van der Waals surface area contributed by atoms with E-state index in [0.29, 0.717) is 5.96 Å². The molecule has 3 N–H and O–H groups in total. The van der Waals surface area contributed by atoms with Crippen LogP contribution in [-0.2, 0) is 6.42 Å². The molecule has 0 atom stereocenters. The molecule has 24 heavy (non-hydrogen) atoms. The molecule has 2 aromatic carbocycles. The van der Waals surface area contributed by atoms with Gasteiger partial charge in [0.15, 0.2) is 0 Å². The summed E-state index contributed by atoms with van der Waals surface area (Å²) in [4.78, 5) is 4.24. The van der Waals surface area contributed by atoms with Gasteiger partial charge in [0.05, 0.1) is 5.71 Å². The van der Waals surface area contributed by atoms with Crippen molar-refractivity contribution in [2.24, 2.45) is 15.8 Å². The minimum absolute atomic E-state index is 0.372. The molecule has 0 aromatic heterocycles. The zero-order valence-electron chi connectivity index (χ0n) is 14.3. The van der Waals surface area contributed by atoms with Crippen molar-refractivity contribution in [3.8, 4) is 11.1 Å². The highest BCUT2D eigenvalue weighted by atomic mass is 15.4. The molecule has 2 aromatic rings. The zero-order valence-corrected chi connectivity index (χ0v) is 14.3. The number of nitrogens with zero attached hydrogens (tertiary/aromatic N) is 2. The number of rotatable bonds is 5. The van der Waals surface area contributed by atoms with Crippen molar-refractivity contribution in [1.29, 1.82) is 0 Å². The number of benzene rings is 2. The van der Waals surface area contributed by atoms with Crippen LogP contribution in [0.3, 0.4) is 0 Å². The van der Waals surface area contributed by atoms with E-state index in [-0.39, 0.29) is 0 Å². The summed E-state index contributed by atoms with van der Waals surface area (Å²) in [6.45, 7) is 4.85. The molecular formula is C20H24N4. The van der Waals surface area contributed by atoms with E-state index >= 15 is 0 Å². The van der Waals surface area contributed by atoms with Crippen molar-refractivity contribution in [2.45, 2.75) is 33.1 Å². The molecule has 0 spiro atoms. The van der Waals surface area contributed by atoms with E-state index in [4.69, 9.17) is 5.73 Å². The smallest absolute Gasteiger partial charge is 0.209 e. The fourth-order valence-corrected chi connectivity index (χ4v) is 2.97. The SMILES string of the molecule is CCCCN=C(N)N/N=C(\C)c1ccc2c(c1)Cc1ccccc1-2. The van der Waals surface area contributed by atoms with E-state index < -0.39 is 0 Å². The first kappa shape index (κ1) is 16.2. The number of nitrogens with one attached hydrogen (secondary N) is 1. The quantitative estimate of drug-likeness (QED) is 0.326. The second-order valence-electron chi connectivity index (χ2n) is 6.14. The number of aliphatic imine (C=N–C) groups is 1. The van der Waals surface area contributed by atoms with E-state index in [9.17, 15) is 0 Å². The Kier molecular flexibility index (Phi) is 4.94.